The number of pyridine rings is 1. The molecule has 4 aliphatic carbocycles. The lowest BCUT2D eigenvalue weighted by molar-refractivity contribution is -0.168. The van der Waals surface area contributed by atoms with E-state index in [4.69, 9.17) is 4.74 Å². The van der Waals surface area contributed by atoms with Gasteiger partial charge in [0.2, 0.25) is 0 Å². The maximum Gasteiger partial charge on any atom is 0.302 e. The Labute approximate surface area is 180 Å². The highest BCUT2D eigenvalue weighted by atomic mass is 16.5. The van der Waals surface area contributed by atoms with E-state index in [9.17, 15) is 9.59 Å². The number of fused-ring (bicyclic) bond motifs is 5. The second-order valence-corrected chi connectivity index (χ2v) is 11.1. The highest BCUT2D eigenvalue weighted by Crippen LogP contribution is 2.68. The van der Waals surface area contributed by atoms with Crippen LogP contribution in [0, 0.1) is 34.5 Å². The number of Topliss-reactive ketones (excluding diaryl/α,β-unsaturated/α-hetero) is 1. The smallest absolute Gasteiger partial charge is 0.302 e. The van der Waals surface area contributed by atoms with Crippen molar-refractivity contribution in [2.75, 3.05) is 0 Å². The predicted molar refractivity (Wildman–Crippen MR) is 115 cm³/mol. The number of rotatable bonds is 2. The van der Waals surface area contributed by atoms with Crippen molar-refractivity contribution >= 4 is 11.8 Å². The molecule has 4 nitrogen and oxygen atoms in total. The first-order valence-electron chi connectivity index (χ1n) is 11.9. The minimum atomic E-state index is -0.217. The molecule has 5 rings (SSSR count). The lowest BCUT2D eigenvalue weighted by Crippen LogP contribution is -2.57. The summed E-state index contributed by atoms with van der Waals surface area (Å²) in [4.78, 5) is 29.3. The van der Waals surface area contributed by atoms with Gasteiger partial charge in [0, 0.05) is 31.7 Å². The number of hydrogen-bond acceptors (Lipinski definition) is 4. The lowest BCUT2D eigenvalue weighted by Gasteiger charge is -2.60. The predicted octanol–water partition coefficient (Wildman–Crippen LogP) is 5.32. The number of nitrogens with zero attached hydrogens (tertiary/aromatic N) is 1. The number of carbonyl (C=O) groups excluding carboxylic acids is 2. The zero-order chi connectivity index (χ0) is 21.1. The highest BCUT2D eigenvalue weighted by Gasteiger charge is 2.62. The van der Waals surface area contributed by atoms with Crippen LogP contribution in [0.15, 0.2) is 24.5 Å². The van der Waals surface area contributed by atoms with E-state index >= 15 is 0 Å². The lowest BCUT2D eigenvalue weighted by atomic mass is 9.44. The van der Waals surface area contributed by atoms with Crippen LogP contribution in [-0.4, -0.2) is 22.8 Å². The molecule has 0 aliphatic heterocycles. The zero-order valence-electron chi connectivity index (χ0n) is 18.6. The average molecular weight is 410 g/mol. The van der Waals surface area contributed by atoms with Gasteiger partial charge in [0.1, 0.15) is 11.9 Å². The Morgan fingerprint density at radius 1 is 1.07 bits per heavy atom. The summed E-state index contributed by atoms with van der Waals surface area (Å²) in [5.41, 5.74) is 1.74. The summed E-state index contributed by atoms with van der Waals surface area (Å²) >= 11 is 0. The summed E-state index contributed by atoms with van der Waals surface area (Å²) < 4.78 is 5.52. The molecule has 0 amide bonds. The van der Waals surface area contributed by atoms with Gasteiger partial charge in [0.05, 0.1) is 0 Å². The molecule has 0 bridgehead atoms. The first-order chi connectivity index (χ1) is 14.3. The molecule has 8 atom stereocenters. The molecule has 4 fully saturated rings. The molecule has 0 unspecified atom stereocenters. The van der Waals surface area contributed by atoms with E-state index in [0.717, 1.165) is 25.7 Å². The van der Waals surface area contributed by atoms with Gasteiger partial charge in [-0.2, -0.15) is 0 Å². The number of hydrogen-bond donors (Lipinski definition) is 0. The second kappa shape index (κ2) is 7.17. The molecule has 162 valence electrons. The van der Waals surface area contributed by atoms with Gasteiger partial charge < -0.3 is 4.74 Å². The highest BCUT2D eigenvalue weighted by molar-refractivity contribution is 5.83. The van der Waals surface area contributed by atoms with E-state index in [-0.39, 0.29) is 28.8 Å². The van der Waals surface area contributed by atoms with Crippen LogP contribution in [0.4, 0.5) is 0 Å². The molecular weight excluding hydrogens is 374 g/mol. The molecule has 0 radical (unpaired) electrons. The fraction of sp³-hybridized carbons (Fsp3) is 0.731. The third kappa shape index (κ3) is 2.97. The van der Waals surface area contributed by atoms with Crippen molar-refractivity contribution in [3.63, 3.8) is 0 Å². The van der Waals surface area contributed by atoms with Gasteiger partial charge >= 0.3 is 5.97 Å². The molecule has 1 aromatic rings. The van der Waals surface area contributed by atoms with Crippen LogP contribution in [0.3, 0.4) is 0 Å². The molecule has 0 spiro atoms. The van der Waals surface area contributed by atoms with Gasteiger partial charge in [-0.15, -0.1) is 0 Å². The number of ether oxygens (including phenoxy) is 1. The van der Waals surface area contributed by atoms with Gasteiger partial charge in [-0.3, -0.25) is 14.6 Å². The van der Waals surface area contributed by atoms with Crippen molar-refractivity contribution in [3.8, 4) is 0 Å². The van der Waals surface area contributed by atoms with Gasteiger partial charge in [-0.1, -0.05) is 19.9 Å². The molecule has 0 saturated heterocycles. The maximum atomic E-state index is 13.4. The second-order valence-electron chi connectivity index (χ2n) is 11.1. The normalized spacial score (nSPS) is 45.2. The number of aromatic nitrogens is 1. The number of ketones is 1. The van der Waals surface area contributed by atoms with Crippen molar-refractivity contribution in [2.24, 2.45) is 34.5 Å². The molecular formula is C26H35NO3. The summed E-state index contributed by atoms with van der Waals surface area (Å²) in [5, 5.41) is 0. The van der Waals surface area contributed by atoms with E-state index in [1.807, 2.05) is 6.20 Å². The Kier molecular flexibility index (Phi) is 4.83. The van der Waals surface area contributed by atoms with Crippen LogP contribution >= 0.6 is 0 Å². The molecule has 4 saturated carbocycles. The molecule has 30 heavy (non-hydrogen) atoms. The quantitative estimate of drug-likeness (QED) is 0.621. The molecule has 0 N–H and O–H groups in total. The summed E-state index contributed by atoms with van der Waals surface area (Å²) in [6.07, 6.45) is 12.2. The van der Waals surface area contributed by atoms with E-state index < -0.39 is 0 Å². The Morgan fingerprint density at radius 2 is 1.80 bits per heavy atom. The summed E-state index contributed by atoms with van der Waals surface area (Å²) in [5.74, 6) is 2.63. The van der Waals surface area contributed by atoms with Crippen molar-refractivity contribution in [3.05, 3.63) is 30.1 Å². The minimum Gasteiger partial charge on any atom is -0.463 e. The topological polar surface area (TPSA) is 56.3 Å². The fourth-order valence-electron chi connectivity index (χ4n) is 8.48. The van der Waals surface area contributed by atoms with Gasteiger partial charge in [0.15, 0.2) is 0 Å². The van der Waals surface area contributed by atoms with Gasteiger partial charge in [-0.05, 0) is 91.1 Å². The van der Waals surface area contributed by atoms with E-state index in [1.54, 1.807) is 0 Å². The Morgan fingerprint density at radius 3 is 2.53 bits per heavy atom. The van der Waals surface area contributed by atoms with Crippen molar-refractivity contribution < 1.29 is 14.3 Å². The average Bonchev–Trinajstić information content (AvgIpc) is 3.07. The Bertz CT molecular complexity index is 838. The summed E-state index contributed by atoms with van der Waals surface area (Å²) in [6, 6.07) is 4.31. The van der Waals surface area contributed by atoms with Crippen LogP contribution in [0.5, 0.6) is 0 Å². The van der Waals surface area contributed by atoms with E-state index in [1.165, 1.54) is 38.2 Å². The van der Waals surface area contributed by atoms with Gasteiger partial charge in [-0.25, -0.2) is 0 Å². The molecule has 4 heteroatoms. The summed E-state index contributed by atoms with van der Waals surface area (Å²) in [7, 11) is 0. The van der Waals surface area contributed by atoms with Crippen molar-refractivity contribution in [1.29, 1.82) is 0 Å². The van der Waals surface area contributed by atoms with Crippen molar-refractivity contribution in [1.82, 2.24) is 4.98 Å². The molecule has 1 heterocycles. The summed E-state index contributed by atoms with van der Waals surface area (Å²) in [6.45, 7) is 6.36. The molecule has 1 aromatic heterocycles. The van der Waals surface area contributed by atoms with Crippen LogP contribution in [0.2, 0.25) is 0 Å². The van der Waals surface area contributed by atoms with Crippen LogP contribution in [0.1, 0.15) is 83.6 Å². The maximum absolute atomic E-state index is 13.4. The van der Waals surface area contributed by atoms with Crippen LogP contribution in [-0.2, 0) is 14.3 Å². The number of esters is 1. The first kappa shape index (κ1) is 20.2. The number of carbonyl (C=O) groups is 2. The first-order valence-corrected chi connectivity index (χ1v) is 11.9. The largest absolute Gasteiger partial charge is 0.463 e. The molecule has 0 aromatic carbocycles. The van der Waals surface area contributed by atoms with Gasteiger partial charge in [0.25, 0.3) is 0 Å². The Hall–Kier alpha value is -1.71. The monoisotopic (exact) mass is 409 g/mol. The third-order valence-electron chi connectivity index (χ3n) is 9.83. The molecule has 4 aliphatic rings. The van der Waals surface area contributed by atoms with Crippen LogP contribution in [0.25, 0.3) is 0 Å². The van der Waals surface area contributed by atoms with Crippen molar-refractivity contribution in [2.45, 2.75) is 84.2 Å². The minimum absolute atomic E-state index is 0.0664. The van der Waals surface area contributed by atoms with E-state index in [0.29, 0.717) is 29.5 Å². The standard InChI is InChI=1S/C26H35NO3/c1-16(28)30-18-8-10-26(3)22-9-11-25(2)20(17-5-4-12-27-15-17)6-7-21(25)19(22)14-24(29)23(26)13-18/h4-5,12,15,18-23H,6-11,13-14H2,1-3H3/t18-,19+,20-,21+,22+,23-,25-,26-/m1/s1. The zero-order valence-corrected chi connectivity index (χ0v) is 18.6. The van der Waals surface area contributed by atoms with E-state index in [2.05, 4.69) is 37.2 Å². The fourth-order valence-corrected chi connectivity index (χ4v) is 8.48. The third-order valence-corrected chi connectivity index (χ3v) is 9.83. The van der Waals surface area contributed by atoms with Crippen LogP contribution < -0.4 is 0 Å². The SMILES string of the molecule is CC(=O)O[C@@H]1CC[C@@]2(C)[C@H](C1)C(=O)C[C@@H]1[C@@H]2CC[C@]2(C)[C@@H](c3cccnc3)CC[C@@H]12. The Balaban J connectivity index is 1.41.